The second-order valence-corrected chi connectivity index (χ2v) is 5.92. The normalized spacial score (nSPS) is 10.9. The molecule has 1 N–H and O–H groups in total. The van der Waals surface area contributed by atoms with Crippen molar-refractivity contribution in [1.82, 2.24) is 15.0 Å². The van der Waals surface area contributed by atoms with E-state index in [1.54, 1.807) is 18.9 Å². The second-order valence-electron chi connectivity index (χ2n) is 5.08. The first-order valence-electron chi connectivity index (χ1n) is 7.12. The molecule has 0 aliphatic carbocycles. The Bertz CT molecular complexity index is 800. The SMILES string of the molecule is COc1ccc(CCNc2ncnc3scnc23)c(C)c1C. The van der Waals surface area contributed by atoms with Gasteiger partial charge in [-0.1, -0.05) is 6.07 Å². The summed E-state index contributed by atoms with van der Waals surface area (Å²) < 4.78 is 5.35. The van der Waals surface area contributed by atoms with Crippen LogP contribution in [0.3, 0.4) is 0 Å². The van der Waals surface area contributed by atoms with E-state index in [0.717, 1.165) is 34.9 Å². The molecule has 0 saturated heterocycles. The number of methoxy groups -OCH3 is 1. The van der Waals surface area contributed by atoms with Gasteiger partial charge in [0.25, 0.3) is 0 Å². The minimum absolute atomic E-state index is 0.800. The van der Waals surface area contributed by atoms with Crippen LogP contribution in [-0.2, 0) is 6.42 Å². The van der Waals surface area contributed by atoms with E-state index in [0.29, 0.717) is 0 Å². The van der Waals surface area contributed by atoms with E-state index < -0.39 is 0 Å². The summed E-state index contributed by atoms with van der Waals surface area (Å²) in [6.45, 7) is 5.03. The number of rotatable bonds is 5. The van der Waals surface area contributed by atoms with Gasteiger partial charge in [-0.15, -0.1) is 11.3 Å². The lowest BCUT2D eigenvalue weighted by molar-refractivity contribution is 0.411. The van der Waals surface area contributed by atoms with Gasteiger partial charge in [-0.3, -0.25) is 0 Å². The molecule has 2 aromatic heterocycles. The summed E-state index contributed by atoms with van der Waals surface area (Å²) >= 11 is 1.52. The van der Waals surface area contributed by atoms with E-state index in [2.05, 4.69) is 40.2 Å². The molecule has 0 radical (unpaired) electrons. The Labute approximate surface area is 133 Å². The molecule has 0 unspecified atom stereocenters. The highest BCUT2D eigenvalue weighted by molar-refractivity contribution is 7.16. The van der Waals surface area contributed by atoms with Crippen LogP contribution in [-0.4, -0.2) is 28.6 Å². The summed E-state index contributed by atoms with van der Waals surface area (Å²) in [5, 5.41) is 3.36. The van der Waals surface area contributed by atoms with E-state index in [4.69, 9.17) is 4.74 Å². The molecule has 1 aromatic carbocycles. The summed E-state index contributed by atoms with van der Waals surface area (Å²) in [4.78, 5) is 13.7. The minimum Gasteiger partial charge on any atom is -0.496 e. The van der Waals surface area contributed by atoms with Crippen LogP contribution >= 0.6 is 11.3 Å². The van der Waals surface area contributed by atoms with Crippen molar-refractivity contribution in [2.24, 2.45) is 0 Å². The predicted molar refractivity (Wildman–Crippen MR) is 89.9 cm³/mol. The number of benzene rings is 1. The van der Waals surface area contributed by atoms with Crippen LogP contribution in [0.4, 0.5) is 5.82 Å². The fraction of sp³-hybridized carbons (Fsp3) is 0.312. The molecule has 2 heterocycles. The van der Waals surface area contributed by atoms with E-state index >= 15 is 0 Å². The molecule has 3 aromatic rings. The van der Waals surface area contributed by atoms with Gasteiger partial charge in [0.15, 0.2) is 5.82 Å². The van der Waals surface area contributed by atoms with Gasteiger partial charge in [0, 0.05) is 6.54 Å². The highest BCUT2D eigenvalue weighted by atomic mass is 32.1. The van der Waals surface area contributed by atoms with E-state index in [9.17, 15) is 0 Å². The van der Waals surface area contributed by atoms with Gasteiger partial charge >= 0.3 is 0 Å². The highest BCUT2D eigenvalue weighted by Crippen LogP contribution is 2.24. The van der Waals surface area contributed by atoms with Crippen LogP contribution in [0.1, 0.15) is 16.7 Å². The Morgan fingerprint density at radius 1 is 1.14 bits per heavy atom. The zero-order chi connectivity index (χ0) is 15.5. The lowest BCUT2D eigenvalue weighted by Crippen LogP contribution is -2.08. The van der Waals surface area contributed by atoms with Gasteiger partial charge in [-0.2, -0.15) is 0 Å². The van der Waals surface area contributed by atoms with Gasteiger partial charge in [0.2, 0.25) is 0 Å². The largest absolute Gasteiger partial charge is 0.496 e. The van der Waals surface area contributed by atoms with Crippen LogP contribution in [0.2, 0.25) is 0 Å². The molecule has 22 heavy (non-hydrogen) atoms. The average molecular weight is 314 g/mol. The van der Waals surface area contributed by atoms with E-state index in [-0.39, 0.29) is 0 Å². The van der Waals surface area contributed by atoms with Gasteiger partial charge < -0.3 is 10.1 Å². The maximum absolute atomic E-state index is 5.35. The fourth-order valence-corrected chi connectivity index (χ4v) is 3.11. The molecule has 0 aliphatic heterocycles. The summed E-state index contributed by atoms with van der Waals surface area (Å²) in [6.07, 6.45) is 2.50. The molecule has 5 nitrogen and oxygen atoms in total. The smallest absolute Gasteiger partial charge is 0.156 e. The molecular formula is C16H18N4OS. The van der Waals surface area contributed by atoms with Crippen molar-refractivity contribution in [2.45, 2.75) is 20.3 Å². The first kappa shape index (κ1) is 14.7. The third-order valence-corrected chi connectivity index (χ3v) is 4.62. The Hall–Kier alpha value is -2.21. The van der Waals surface area contributed by atoms with Crippen molar-refractivity contribution in [3.8, 4) is 5.75 Å². The van der Waals surface area contributed by atoms with Crippen molar-refractivity contribution < 1.29 is 4.74 Å². The lowest BCUT2D eigenvalue weighted by Gasteiger charge is -2.13. The molecule has 0 aliphatic rings. The first-order chi connectivity index (χ1) is 10.7. The van der Waals surface area contributed by atoms with Gasteiger partial charge in [0.05, 0.1) is 12.6 Å². The number of hydrogen-bond acceptors (Lipinski definition) is 6. The molecule has 0 saturated carbocycles. The summed E-state index contributed by atoms with van der Waals surface area (Å²) in [6, 6.07) is 4.16. The quantitative estimate of drug-likeness (QED) is 0.782. The minimum atomic E-state index is 0.800. The molecule has 6 heteroatoms. The molecule has 0 amide bonds. The topological polar surface area (TPSA) is 59.9 Å². The summed E-state index contributed by atoms with van der Waals surface area (Å²) in [7, 11) is 1.71. The maximum Gasteiger partial charge on any atom is 0.156 e. The Morgan fingerprint density at radius 3 is 2.82 bits per heavy atom. The first-order valence-corrected chi connectivity index (χ1v) is 8.00. The highest BCUT2D eigenvalue weighted by Gasteiger charge is 2.08. The van der Waals surface area contributed by atoms with Crippen molar-refractivity contribution in [2.75, 3.05) is 19.0 Å². The third-order valence-electron chi connectivity index (χ3n) is 3.89. The number of thiazole rings is 1. The maximum atomic E-state index is 5.35. The van der Waals surface area contributed by atoms with Crippen LogP contribution in [0.25, 0.3) is 10.3 Å². The number of nitrogens with one attached hydrogen (secondary N) is 1. The molecule has 114 valence electrons. The molecule has 0 spiro atoms. The van der Waals surface area contributed by atoms with Crippen LogP contribution in [0.15, 0.2) is 24.0 Å². The van der Waals surface area contributed by atoms with Gasteiger partial charge in [-0.25, -0.2) is 15.0 Å². The fourth-order valence-electron chi connectivity index (χ4n) is 2.48. The zero-order valence-electron chi connectivity index (χ0n) is 12.9. The summed E-state index contributed by atoms with van der Waals surface area (Å²) in [5.74, 6) is 1.74. The number of hydrogen-bond donors (Lipinski definition) is 1. The molecular weight excluding hydrogens is 296 g/mol. The van der Waals surface area contributed by atoms with Crippen molar-refractivity contribution in [1.29, 1.82) is 0 Å². The number of fused-ring (bicyclic) bond motifs is 1. The van der Waals surface area contributed by atoms with Crippen molar-refractivity contribution in [3.63, 3.8) is 0 Å². The van der Waals surface area contributed by atoms with Gasteiger partial charge in [0.1, 0.15) is 22.4 Å². The van der Waals surface area contributed by atoms with Crippen molar-refractivity contribution >= 4 is 27.5 Å². The number of aromatic nitrogens is 3. The molecule has 0 bridgehead atoms. The monoisotopic (exact) mass is 314 g/mol. The number of nitrogens with zero attached hydrogens (tertiary/aromatic N) is 3. The molecule has 0 atom stereocenters. The van der Waals surface area contributed by atoms with Crippen LogP contribution in [0.5, 0.6) is 5.75 Å². The zero-order valence-corrected chi connectivity index (χ0v) is 13.7. The Morgan fingerprint density at radius 2 is 2.00 bits per heavy atom. The predicted octanol–water partition coefficient (Wildman–Crippen LogP) is 3.37. The van der Waals surface area contributed by atoms with E-state index in [1.165, 1.54) is 28.0 Å². The van der Waals surface area contributed by atoms with Crippen LogP contribution in [0, 0.1) is 13.8 Å². The average Bonchev–Trinajstić information content (AvgIpc) is 3.01. The lowest BCUT2D eigenvalue weighted by atomic mass is 10.00. The van der Waals surface area contributed by atoms with Crippen LogP contribution < -0.4 is 10.1 Å². The molecule has 3 rings (SSSR count). The van der Waals surface area contributed by atoms with E-state index in [1.807, 2.05) is 6.07 Å². The van der Waals surface area contributed by atoms with Gasteiger partial charge in [-0.05, 0) is 43.0 Å². The molecule has 0 fully saturated rings. The third kappa shape index (κ3) is 2.74. The number of anilines is 1. The Kier molecular flexibility index (Phi) is 4.20. The van der Waals surface area contributed by atoms with Crippen molar-refractivity contribution in [3.05, 3.63) is 40.7 Å². The summed E-state index contributed by atoms with van der Waals surface area (Å²) in [5.41, 5.74) is 6.43. The second kappa shape index (κ2) is 6.27. The number of ether oxygens (including phenoxy) is 1. The Balaban J connectivity index is 1.71. The standard InChI is InChI=1S/C16H18N4OS/c1-10-11(2)13(21-3)5-4-12(10)6-7-17-15-14-16(19-8-18-15)22-9-20-14/h4-5,8-9H,6-7H2,1-3H3,(H,17,18,19).